The SMILES string of the molecule is CCCCNc1ccc2nc(Cl)nc(Nc3ccc(N4CCN(C)CC4)cc3)c2n1. The van der Waals surface area contributed by atoms with Gasteiger partial charge in [-0.25, -0.2) is 9.97 Å². The third kappa shape index (κ3) is 4.91. The maximum absolute atomic E-state index is 6.15. The number of halogens is 1. The molecule has 3 heterocycles. The number of fused-ring (bicyclic) bond motifs is 1. The number of likely N-dealkylation sites (N-methyl/N-ethyl adjacent to an activating group) is 1. The average molecular weight is 426 g/mol. The average Bonchev–Trinajstić information content (AvgIpc) is 2.75. The monoisotopic (exact) mass is 425 g/mol. The predicted octanol–water partition coefficient (Wildman–Crippen LogP) is 4.39. The lowest BCUT2D eigenvalue weighted by Gasteiger charge is -2.34. The van der Waals surface area contributed by atoms with Crippen LogP contribution in [0.4, 0.5) is 23.0 Å². The maximum Gasteiger partial charge on any atom is 0.225 e. The third-order valence-electron chi connectivity index (χ3n) is 5.35. The molecule has 0 unspecified atom stereocenters. The topological polar surface area (TPSA) is 69.2 Å². The Labute approximate surface area is 182 Å². The minimum atomic E-state index is 0.201. The molecule has 8 heteroatoms. The number of pyridine rings is 1. The Morgan fingerprint density at radius 1 is 0.967 bits per heavy atom. The first-order valence-electron chi connectivity index (χ1n) is 10.5. The Balaban J connectivity index is 1.54. The number of aromatic nitrogens is 3. The van der Waals surface area contributed by atoms with Crippen molar-refractivity contribution in [3.8, 4) is 0 Å². The maximum atomic E-state index is 6.15. The Hall–Kier alpha value is -2.64. The molecule has 0 bridgehead atoms. The summed E-state index contributed by atoms with van der Waals surface area (Å²) in [6.45, 7) is 7.33. The number of hydrogen-bond donors (Lipinski definition) is 2. The number of anilines is 4. The normalized spacial score (nSPS) is 14.8. The van der Waals surface area contributed by atoms with Gasteiger partial charge in [-0.05, 0) is 61.5 Å². The van der Waals surface area contributed by atoms with Crippen LogP contribution in [0, 0.1) is 0 Å². The fourth-order valence-electron chi connectivity index (χ4n) is 3.52. The number of piperazine rings is 1. The van der Waals surface area contributed by atoms with Gasteiger partial charge < -0.3 is 20.4 Å². The molecule has 1 aromatic carbocycles. The van der Waals surface area contributed by atoms with Crippen LogP contribution in [0.1, 0.15) is 19.8 Å². The highest BCUT2D eigenvalue weighted by Crippen LogP contribution is 2.27. The quantitative estimate of drug-likeness (QED) is 0.429. The number of unbranched alkanes of at least 4 members (excludes halogenated alkanes) is 1. The van der Waals surface area contributed by atoms with E-state index in [-0.39, 0.29) is 5.28 Å². The van der Waals surface area contributed by atoms with Crippen LogP contribution in [0.25, 0.3) is 11.0 Å². The molecule has 0 spiro atoms. The van der Waals surface area contributed by atoms with Crippen molar-refractivity contribution in [2.45, 2.75) is 19.8 Å². The van der Waals surface area contributed by atoms with Crippen molar-refractivity contribution in [2.75, 3.05) is 55.3 Å². The molecule has 0 aliphatic carbocycles. The van der Waals surface area contributed by atoms with E-state index < -0.39 is 0 Å². The second-order valence-electron chi connectivity index (χ2n) is 7.65. The van der Waals surface area contributed by atoms with Crippen LogP contribution < -0.4 is 15.5 Å². The second kappa shape index (κ2) is 9.45. The molecule has 0 saturated carbocycles. The zero-order chi connectivity index (χ0) is 20.9. The second-order valence-corrected chi connectivity index (χ2v) is 7.99. The summed E-state index contributed by atoms with van der Waals surface area (Å²) in [6.07, 6.45) is 2.23. The third-order valence-corrected chi connectivity index (χ3v) is 5.52. The van der Waals surface area contributed by atoms with Gasteiger partial charge in [-0.2, -0.15) is 4.98 Å². The van der Waals surface area contributed by atoms with E-state index in [4.69, 9.17) is 16.6 Å². The summed E-state index contributed by atoms with van der Waals surface area (Å²) >= 11 is 6.15. The molecule has 1 aliphatic rings. The first kappa shape index (κ1) is 20.6. The van der Waals surface area contributed by atoms with Gasteiger partial charge in [0.15, 0.2) is 5.82 Å². The lowest BCUT2D eigenvalue weighted by Crippen LogP contribution is -2.44. The van der Waals surface area contributed by atoms with Gasteiger partial charge in [-0.3, -0.25) is 0 Å². The number of benzene rings is 1. The van der Waals surface area contributed by atoms with Crippen molar-refractivity contribution in [1.82, 2.24) is 19.9 Å². The van der Waals surface area contributed by atoms with Crippen molar-refractivity contribution < 1.29 is 0 Å². The summed E-state index contributed by atoms with van der Waals surface area (Å²) in [5.41, 5.74) is 3.59. The van der Waals surface area contributed by atoms with Crippen LogP contribution >= 0.6 is 11.6 Å². The van der Waals surface area contributed by atoms with E-state index in [1.807, 2.05) is 12.1 Å². The summed E-state index contributed by atoms with van der Waals surface area (Å²) < 4.78 is 0. The molecule has 2 N–H and O–H groups in total. The Kier molecular flexibility index (Phi) is 6.50. The lowest BCUT2D eigenvalue weighted by molar-refractivity contribution is 0.313. The van der Waals surface area contributed by atoms with E-state index in [9.17, 15) is 0 Å². The van der Waals surface area contributed by atoms with E-state index >= 15 is 0 Å². The van der Waals surface area contributed by atoms with Gasteiger partial charge in [0.1, 0.15) is 11.3 Å². The highest BCUT2D eigenvalue weighted by atomic mass is 35.5. The van der Waals surface area contributed by atoms with Gasteiger partial charge in [-0.15, -0.1) is 0 Å². The molecule has 0 atom stereocenters. The standard InChI is InChI=1S/C22H28ClN7/c1-3-4-11-24-19-10-9-18-20(27-19)21(28-22(23)26-18)25-16-5-7-17(8-6-16)30-14-12-29(2)13-15-30/h5-10H,3-4,11-15H2,1-2H3,(H,24,27)(H,25,26,28). The zero-order valence-corrected chi connectivity index (χ0v) is 18.3. The zero-order valence-electron chi connectivity index (χ0n) is 17.5. The van der Waals surface area contributed by atoms with Crippen LogP contribution in [0.2, 0.25) is 5.28 Å². The van der Waals surface area contributed by atoms with Gasteiger partial charge in [0.05, 0.1) is 5.52 Å². The minimum Gasteiger partial charge on any atom is -0.370 e. The molecule has 158 valence electrons. The smallest absolute Gasteiger partial charge is 0.225 e. The molecule has 1 fully saturated rings. The van der Waals surface area contributed by atoms with Gasteiger partial charge >= 0.3 is 0 Å². The van der Waals surface area contributed by atoms with E-state index in [1.54, 1.807) is 0 Å². The molecule has 30 heavy (non-hydrogen) atoms. The van der Waals surface area contributed by atoms with Gasteiger partial charge in [-0.1, -0.05) is 13.3 Å². The van der Waals surface area contributed by atoms with Gasteiger partial charge in [0, 0.05) is 44.1 Å². The predicted molar refractivity (Wildman–Crippen MR) is 125 cm³/mol. The largest absolute Gasteiger partial charge is 0.370 e. The molecule has 2 aromatic heterocycles. The molecule has 7 nitrogen and oxygen atoms in total. The Bertz CT molecular complexity index is 985. The van der Waals surface area contributed by atoms with Crippen molar-refractivity contribution >= 4 is 45.6 Å². The van der Waals surface area contributed by atoms with E-state index in [1.165, 1.54) is 5.69 Å². The first-order chi connectivity index (χ1) is 14.6. The number of nitrogens with one attached hydrogen (secondary N) is 2. The lowest BCUT2D eigenvalue weighted by atomic mass is 10.2. The molecule has 4 rings (SSSR count). The van der Waals surface area contributed by atoms with E-state index in [0.29, 0.717) is 16.9 Å². The summed E-state index contributed by atoms with van der Waals surface area (Å²) in [7, 11) is 2.17. The fraction of sp³-hybridized carbons (Fsp3) is 0.409. The molecular weight excluding hydrogens is 398 g/mol. The molecule has 1 saturated heterocycles. The number of rotatable bonds is 7. The van der Waals surface area contributed by atoms with E-state index in [0.717, 1.165) is 57.1 Å². The molecule has 3 aromatic rings. The highest BCUT2D eigenvalue weighted by Gasteiger charge is 2.14. The van der Waals surface area contributed by atoms with Crippen LogP contribution in [0.3, 0.4) is 0 Å². The number of nitrogens with zero attached hydrogens (tertiary/aromatic N) is 5. The summed E-state index contributed by atoms with van der Waals surface area (Å²) in [4.78, 5) is 18.2. The van der Waals surface area contributed by atoms with Crippen molar-refractivity contribution in [3.63, 3.8) is 0 Å². The minimum absolute atomic E-state index is 0.201. The number of hydrogen-bond acceptors (Lipinski definition) is 7. The van der Waals surface area contributed by atoms with Gasteiger partial charge in [0.25, 0.3) is 0 Å². The van der Waals surface area contributed by atoms with Crippen LogP contribution in [0.15, 0.2) is 36.4 Å². The fourth-order valence-corrected chi connectivity index (χ4v) is 3.70. The molecule has 1 aliphatic heterocycles. The molecule has 0 radical (unpaired) electrons. The van der Waals surface area contributed by atoms with Gasteiger partial charge in [0.2, 0.25) is 5.28 Å². The summed E-state index contributed by atoms with van der Waals surface area (Å²) in [5, 5.41) is 6.92. The van der Waals surface area contributed by atoms with Crippen molar-refractivity contribution in [3.05, 3.63) is 41.7 Å². The highest BCUT2D eigenvalue weighted by molar-refractivity contribution is 6.28. The summed E-state index contributed by atoms with van der Waals surface area (Å²) in [6, 6.07) is 12.3. The van der Waals surface area contributed by atoms with Crippen LogP contribution in [0.5, 0.6) is 0 Å². The van der Waals surface area contributed by atoms with Crippen LogP contribution in [-0.2, 0) is 0 Å². The Morgan fingerprint density at radius 3 is 2.47 bits per heavy atom. The van der Waals surface area contributed by atoms with Crippen LogP contribution in [-0.4, -0.2) is 59.6 Å². The van der Waals surface area contributed by atoms with E-state index in [2.05, 4.69) is 68.6 Å². The van der Waals surface area contributed by atoms with Crippen molar-refractivity contribution in [2.24, 2.45) is 0 Å². The molecule has 0 amide bonds. The Morgan fingerprint density at radius 2 is 1.73 bits per heavy atom. The first-order valence-corrected chi connectivity index (χ1v) is 10.9. The molecular formula is C22H28ClN7. The van der Waals surface area contributed by atoms with Crippen molar-refractivity contribution in [1.29, 1.82) is 0 Å². The summed E-state index contributed by atoms with van der Waals surface area (Å²) in [5.74, 6) is 1.42.